The summed E-state index contributed by atoms with van der Waals surface area (Å²) in [6.07, 6.45) is -0.805. The summed E-state index contributed by atoms with van der Waals surface area (Å²) in [4.78, 5) is 4.44. The van der Waals surface area contributed by atoms with Crippen LogP contribution in [0.2, 0.25) is 0 Å². The van der Waals surface area contributed by atoms with Gasteiger partial charge in [-0.15, -0.1) is 11.3 Å². The summed E-state index contributed by atoms with van der Waals surface area (Å²) >= 11 is 4.71. The molecule has 2 aromatic heterocycles. The smallest absolute Gasteiger partial charge is 0.266 e. The molecule has 3 nitrogen and oxygen atoms in total. The van der Waals surface area contributed by atoms with Crippen LogP contribution in [0, 0.1) is 0 Å². The Morgan fingerprint density at radius 1 is 1.18 bits per heavy atom. The van der Waals surface area contributed by atoms with Crippen LogP contribution in [0.25, 0.3) is 10.6 Å². The number of aromatic nitrogens is 3. The lowest BCUT2D eigenvalue weighted by Crippen LogP contribution is -2.04. The molecule has 0 spiro atoms. The maximum absolute atomic E-state index is 12.5. The third kappa shape index (κ3) is 3.38. The van der Waals surface area contributed by atoms with E-state index in [4.69, 9.17) is 0 Å². The summed E-state index contributed by atoms with van der Waals surface area (Å²) in [6.45, 7) is 0.517. The number of rotatable bonds is 3. The van der Waals surface area contributed by atoms with Gasteiger partial charge in [-0.1, -0.05) is 12.1 Å². The Balaban J connectivity index is 1.78. The molecule has 8 heteroatoms. The van der Waals surface area contributed by atoms with Gasteiger partial charge in [-0.05, 0) is 28.1 Å². The first-order chi connectivity index (χ1) is 10.4. The van der Waals surface area contributed by atoms with Gasteiger partial charge in [0.05, 0.1) is 28.5 Å². The van der Waals surface area contributed by atoms with E-state index in [2.05, 4.69) is 26.0 Å². The first kappa shape index (κ1) is 15.2. The average Bonchev–Trinajstić information content (AvgIpc) is 3.08. The zero-order chi connectivity index (χ0) is 15.7. The summed E-state index contributed by atoms with van der Waals surface area (Å²) in [6, 6.07) is 5.02. The highest BCUT2D eigenvalue weighted by atomic mass is 79.9. The summed E-state index contributed by atoms with van der Waals surface area (Å²) < 4.78 is 40.2. The fourth-order valence-electron chi connectivity index (χ4n) is 1.90. The normalized spacial score (nSPS) is 11.8. The monoisotopic (exact) mass is 387 g/mol. The van der Waals surface area contributed by atoms with E-state index in [9.17, 15) is 13.2 Å². The van der Waals surface area contributed by atoms with E-state index < -0.39 is 11.7 Å². The maximum atomic E-state index is 12.5. The first-order valence-corrected chi connectivity index (χ1v) is 7.89. The summed E-state index contributed by atoms with van der Waals surface area (Å²) in [5, 5.41) is 6.71. The largest absolute Gasteiger partial charge is 0.416 e. The third-order valence-corrected chi connectivity index (χ3v) is 4.29. The molecular weight excluding hydrogens is 379 g/mol. The van der Waals surface area contributed by atoms with E-state index in [0.29, 0.717) is 17.1 Å². The minimum atomic E-state index is -4.32. The van der Waals surface area contributed by atoms with Crippen molar-refractivity contribution in [2.75, 3.05) is 0 Å². The Morgan fingerprint density at radius 3 is 2.50 bits per heavy atom. The molecular formula is C14H9BrF3N3S. The highest BCUT2D eigenvalue weighted by Crippen LogP contribution is 2.31. The lowest BCUT2D eigenvalue weighted by atomic mass is 10.1. The summed E-state index contributed by atoms with van der Waals surface area (Å²) in [5.41, 5.74) is 0.829. The number of benzene rings is 1. The van der Waals surface area contributed by atoms with Gasteiger partial charge in [-0.2, -0.15) is 18.3 Å². The predicted molar refractivity (Wildman–Crippen MR) is 81.6 cm³/mol. The van der Waals surface area contributed by atoms with Crippen LogP contribution in [0.4, 0.5) is 13.2 Å². The van der Waals surface area contributed by atoms with Gasteiger partial charge < -0.3 is 0 Å². The van der Waals surface area contributed by atoms with Gasteiger partial charge in [0.2, 0.25) is 0 Å². The number of thiazole rings is 1. The van der Waals surface area contributed by atoms with E-state index in [0.717, 1.165) is 22.3 Å². The molecule has 0 N–H and O–H groups in total. The van der Waals surface area contributed by atoms with Crippen molar-refractivity contribution in [1.29, 1.82) is 0 Å². The molecule has 0 saturated carbocycles. The molecule has 0 fully saturated rings. The van der Waals surface area contributed by atoms with Crippen molar-refractivity contribution in [3.05, 3.63) is 57.8 Å². The average molecular weight is 388 g/mol. The molecule has 22 heavy (non-hydrogen) atoms. The van der Waals surface area contributed by atoms with Gasteiger partial charge >= 0.3 is 6.18 Å². The van der Waals surface area contributed by atoms with E-state index in [1.165, 1.54) is 23.5 Å². The molecule has 0 atom stereocenters. The van der Waals surface area contributed by atoms with Gasteiger partial charge in [0.1, 0.15) is 5.01 Å². The molecule has 114 valence electrons. The number of nitrogens with zero attached hydrogens (tertiary/aromatic N) is 3. The van der Waals surface area contributed by atoms with Crippen LogP contribution < -0.4 is 0 Å². The maximum Gasteiger partial charge on any atom is 0.416 e. The van der Waals surface area contributed by atoms with Gasteiger partial charge in [-0.25, -0.2) is 4.98 Å². The fourth-order valence-corrected chi connectivity index (χ4v) is 3.05. The molecule has 0 saturated heterocycles. The van der Waals surface area contributed by atoms with E-state index in [-0.39, 0.29) is 0 Å². The second-order valence-corrected chi connectivity index (χ2v) is 6.35. The molecule has 0 aliphatic carbocycles. The van der Waals surface area contributed by atoms with Gasteiger partial charge in [0, 0.05) is 17.1 Å². The topological polar surface area (TPSA) is 30.7 Å². The Labute approximate surface area is 136 Å². The van der Waals surface area contributed by atoms with Crippen LogP contribution in [0.5, 0.6) is 0 Å². The van der Waals surface area contributed by atoms with Crippen molar-refractivity contribution in [2.45, 2.75) is 12.7 Å². The minimum absolute atomic E-state index is 0.517. The van der Waals surface area contributed by atoms with E-state index in [1.807, 2.05) is 11.6 Å². The molecule has 0 amide bonds. The van der Waals surface area contributed by atoms with Crippen molar-refractivity contribution in [2.24, 2.45) is 0 Å². The lowest BCUT2D eigenvalue weighted by Gasteiger charge is -2.06. The molecule has 1 aromatic carbocycles. The highest BCUT2D eigenvalue weighted by molar-refractivity contribution is 9.10. The molecule has 0 radical (unpaired) electrons. The SMILES string of the molecule is FC(F)(F)c1ccc(-c2nc(Cn3cc(Br)cn3)cs2)cc1. The molecule has 0 unspecified atom stereocenters. The van der Waals surface area contributed by atoms with Crippen molar-refractivity contribution >= 4 is 27.3 Å². The van der Waals surface area contributed by atoms with E-state index >= 15 is 0 Å². The molecule has 0 bridgehead atoms. The van der Waals surface area contributed by atoms with Crippen LogP contribution in [0.3, 0.4) is 0 Å². The molecule has 3 aromatic rings. The number of hydrogen-bond acceptors (Lipinski definition) is 3. The number of halogens is 4. The quantitative estimate of drug-likeness (QED) is 0.643. The van der Waals surface area contributed by atoms with Crippen LogP contribution in [0.15, 0.2) is 46.5 Å². The Bertz CT molecular complexity index is 777. The van der Waals surface area contributed by atoms with Crippen LogP contribution in [0.1, 0.15) is 11.3 Å². The molecule has 2 heterocycles. The Hall–Kier alpha value is -1.67. The third-order valence-electron chi connectivity index (χ3n) is 2.94. The Morgan fingerprint density at radius 2 is 1.91 bits per heavy atom. The second kappa shape index (κ2) is 5.85. The summed E-state index contributed by atoms with van der Waals surface area (Å²) in [7, 11) is 0. The second-order valence-electron chi connectivity index (χ2n) is 4.58. The zero-order valence-corrected chi connectivity index (χ0v) is 13.4. The van der Waals surface area contributed by atoms with Crippen molar-refractivity contribution < 1.29 is 13.2 Å². The number of hydrogen-bond donors (Lipinski definition) is 0. The van der Waals surface area contributed by atoms with Crippen LogP contribution in [-0.2, 0) is 12.7 Å². The van der Waals surface area contributed by atoms with Gasteiger partial charge in [0.25, 0.3) is 0 Å². The number of alkyl halides is 3. The zero-order valence-electron chi connectivity index (χ0n) is 11.0. The molecule has 3 rings (SSSR count). The van der Waals surface area contributed by atoms with Gasteiger partial charge in [-0.3, -0.25) is 4.68 Å². The summed E-state index contributed by atoms with van der Waals surface area (Å²) in [5.74, 6) is 0. The van der Waals surface area contributed by atoms with Crippen LogP contribution in [-0.4, -0.2) is 14.8 Å². The van der Waals surface area contributed by atoms with E-state index in [1.54, 1.807) is 10.9 Å². The Kier molecular flexibility index (Phi) is 4.05. The van der Waals surface area contributed by atoms with Gasteiger partial charge in [0.15, 0.2) is 0 Å². The predicted octanol–water partition coefficient (Wildman–Crippen LogP) is 4.84. The van der Waals surface area contributed by atoms with Crippen LogP contribution >= 0.6 is 27.3 Å². The molecule has 0 aliphatic heterocycles. The van der Waals surface area contributed by atoms with Crippen molar-refractivity contribution in [3.8, 4) is 10.6 Å². The standard InChI is InChI=1S/C14H9BrF3N3S/c15-11-5-19-21(6-11)7-12-8-22-13(20-12)9-1-3-10(4-2-9)14(16,17)18/h1-6,8H,7H2. The van der Waals surface area contributed by atoms with Crippen molar-refractivity contribution in [3.63, 3.8) is 0 Å². The lowest BCUT2D eigenvalue weighted by molar-refractivity contribution is -0.137. The molecule has 0 aliphatic rings. The first-order valence-electron chi connectivity index (χ1n) is 6.22. The van der Waals surface area contributed by atoms with Crippen molar-refractivity contribution in [1.82, 2.24) is 14.8 Å². The highest BCUT2D eigenvalue weighted by Gasteiger charge is 2.30. The minimum Gasteiger partial charge on any atom is -0.266 e. The fraction of sp³-hybridized carbons (Fsp3) is 0.143.